The van der Waals surface area contributed by atoms with Gasteiger partial charge in [0.15, 0.2) is 5.69 Å². The number of nitrogens with one attached hydrogen (secondary N) is 1. The van der Waals surface area contributed by atoms with Crippen LogP contribution in [-0.4, -0.2) is 46.5 Å². The summed E-state index contributed by atoms with van der Waals surface area (Å²) in [6.07, 6.45) is 2.59. The number of piperidine rings is 1. The molecule has 8 nitrogen and oxygen atoms in total. The van der Waals surface area contributed by atoms with Crippen LogP contribution in [0.25, 0.3) is 0 Å². The highest BCUT2D eigenvalue weighted by molar-refractivity contribution is 5.95. The maximum atomic E-state index is 13.2. The summed E-state index contributed by atoms with van der Waals surface area (Å²) in [6, 6.07) is 11.9. The number of rotatable bonds is 5. The fourth-order valence-corrected chi connectivity index (χ4v) is 4.83. The van der Waals surface area contributed by atoms with Gasteiger partial charge in [-0.15, -0.1) is 0 Å². The third-order valence-electron chi connectivity index (χ3n) is 6.94. The van der Waals surface area contributed by atoms with Crippen LogP contribution in [0.4, 0.5) is 10.1 Å². The van der Waals surface area contributed by atoms with Gasteiger partial charge >= 0.3 is 0 Å². The molecule has 2 aromatic carbocycles. The Labute approximate surface area is 209 Å². The first-order valence-electron chi connectivity index (χ1n) is 12.1. The van der Waals surface area contributed by atoms with Gasteiger partial charge in [-0.25, -0.2) is 9.37 Å². The zero-order valence-electron chi connectivity index (χ0n) is 20.4. The molecule has 2 amide bonds. The second kappa shape index (κ2) is 10.1. The van der Waals surface area contributed by atoms with Crippen molar-refractivity contribution in [2.75, 3.05) is 25.5 Å². The summed E-state index contributed by atoms with van der Waals surface area (Å²) in [5, 5.41) is 2.98. The van der Waals surface area contributed by atoms with Crippen molar-refractivity contribution in [2.24, 2.45) is 5.92 Å². The molecule has 9 heteroatoms. The largest absolute Gasteiger partial charge is 0.495 e. The van der Waals surface area contributed by atoms with Gasteiger partial charge in [0.2, 0.25) is 5.91 Å². The van der Waals surface area contributed by atoms with Crippen molar-refractivity contribution < 1.29 is 23.5 Å². The summed E-state index contributed by atoms with van der Waals surface area (Å²) in [5.74, 6) is -0.0655. The summed E-state index contributed by atoms with van der Waals surface area (Å²) < 4.78 is 26.5. The average Bonchev–Trinajstić information content (AvgIpc) is 3.32. The van der Waals surface area contributed by atoms with E-state index in [-0.39, 0.29) is 36.3 Å². The second-order valence-electron chi connectivity index (χ2n) is 9.30. The van der Waals surface area contributed by atoms with E-state index in [4.69, 9.17) is 9.47 Å². The van der Waals surface area contributed by atoms with E-state index in [1.54, 1.807) is 30.5 Å². The molecular formula is C27H29FN4O4. The van der Waals surface area contributed by atoms with Crippen molar-refractivity contribution in [3.8, 4) is 5.75 Å². The van der Waals surface area contributed by atoms with Gasteiger partial charge in [-0.3, -0.25) is 9.59 Å². The monoisotopic (exact) mass is 492 g/mol. The standard InChI is InChI=1S/C27H29FN4O4/c1-17-3-8-23(35-2)21(13-17)30-26(33)19-9-11-31(12-10-19)27(34)25-22-15-36-24(14-32(22)16-29-25)18-4-6-20(28)7-5-18/h3-8,13,16,19,24H,9-12,14-15H2,1-2H3,(H,30,33)/t24-/m1/s1. The zero-order chi connectivity index (χ0) is 25.2. The number of halogens is 1. The summed E-state index contributed by atoms with van der Waals surface area (Å²) in [6.45, 7) is 3.68. The third kappa shape index (κ3) is 4.83. The molecule has 1 saturated heterocycles. The molecule has 1 atom stereocenters. The Morgan fingerprint density at radius 1 is 1.14 bits per heavy atom. The van der Waals surface area contributed by atoms with Gasteiger partial charge in [-0.05, 0) is 55.2 Å². The van der Waals surface area contributed by atoms with E-state index in [0.717, 1.165) is 16.8 Å². The van der Waals surface area contributed by atoms with Crippen molar-refractivity contribution in [2.45, 2.75) is 39.0 Å². The first-order chi connectivity index (χ1) is 17.4. The minimum absolute atomic E-state index is 0.0643. The molecular weight excluding hydrogens is 463 g/mol. The van der Waals surface area contributed by atoms with Crippen molar-refractivity contribution in [1.29, 1.82) is 0 Å². The van der Waals surface area contributed by atoms with Crippen LogP contribution in [0.3, 0.4) is 0 Å². The first kappa shape index (κ1) is 24.0. The van der Waals surface area contributed by atoms with Crippen LogP contribution in [0.5, 0.6) is 5.75 Å². The van der Waals surface area contributed by atoms with Crippen LogP contribution in [0.1, 0.15) is 46.3 Å². The summed E-state index contributed by atoms with van der Waals surface area (Å²) in [5.41, 5.74) is 3.70. The Hall–Kier alpha value is -3.72. The van der Waals surface area contributed by atoms with Crippen LogP contribution < -0.4 is 10.1 Å². The number of carbonyl (C=O) groups is 2. The molecule has 2 aliphatic heterocycles. The topological polar surface area (TPSA) is 85.7 Å². The number of amides is 2. The van der Waals surface area contributed by atoms with Crippen LogP contribution in [-0.2, 0) is 22.7 Å². The van der Waals surface area contributed by atoms with E-state index in [0.29, 0.717) is 49.6 Å². The third-order valence-corrected chi connectivity index (χ3v) is 6.94. The Balaban J connectivity index is 1.19. The lowest BCUT2D eigenvalue weighted by molar-refractivity contribution is -0.121. The molecule has 0 aliphatic carbocycles. The number of hydrogen-bond acceptors (Lipinski definition) is 5. The molecule has 0 saturated carbocycles. The molecule has 0 unspecified atom stereocenters. The predicted molar refractivity (Wildman–Crippen MR) is 131 cm³/mol. The van der Waals surface area contributed by atoms with Crippen LogP contribution in [0.15, 0.2) is 48.8 Å². The highest BCUT2D eigenvalue weighted by Crippen LogP contribution is 2.30. The molecule has 1 fully saturated rings. The smallest absolute Gasteiger partial charge is 0.274 e. The molecule has 0 radical (unpaired) electrons. The highest BCUT2D eigenvalue weighted by atomic mass is 19.1. The fourth-order valence-electron chi connectivity index (χ4n) is 4.83. The average molecular weight is 493 g/mol. The minimum atomic E-state index is -0.290. The molecule has 3 heterocycles. The van der Waals surface area contributed by atoms with E-state index in [1.807, 2.05) is 29.7 Å². The van der Waals surface area contributed by atoms with Crippen LogP contribution >= 0.6 is 0 Å². The van der Waals surface area contributed by atoms with Gasteiger partial charge in [0.05, 0.1) is 38.0 Å². The minimum Gasteiger partial charge on any atom is -0.495 e. The van der Waals surface area contributed by atoms with Crippen LogP contribution in [0.2, 0.25) is 0 Å². The number of aryl methyl sites for hydroxylation is 1. The van der Waals surface area contributed by atoms with Gasteiger partial charge in [0, 0.05) is 19.0 Å². The van der Waals surface area contributed by atoms with Gasteiger partial charge in [-0.2, -0.15) is 0 Å². The molecule has 1 N–H and O–H groups in total. The Bertz CT molecular complexity index is 1270. The van der Waals surface area contributed by atoms with Crippen molar-refractivity contribution in [1.82, 2.24) is 14.5 Å². The summed E-state index contributed by atoms with van der Waals surface area (Å²) in [7, 11) is 1.58. The van der Waals surface area contributed by atoms with Gasteiger partial charge in [0.1, 0.15) is 17.7 Å². The van der Waals surface area contributed by atoms with Gasteiger partial charge in [0.25, 0.3) is 5.91 Å². The maximum Gasteiger partial charge on any atom is 0.274 e. The SMILES string of the molecule is COc1ccc(C)cc1NC(=O)C1CCN(C(=O)c2ncn3c2CO[C@@H](c2ccc(F)cc2)C3)CC1. The number of anilines is 1. The lowest BCUT2D eigenvalue weighted by Crippen LogP contribution is -2.42. The number of methoxy groups -OCH3 is 1. The van der Waals surface area contributed by atoms with Crippen molar-refractivity contribution in [3.63, 3.8) is 0 Å². The maximum absolute atomic E-state index is 13.2. The number of fused-ring (bicyclic) bond motifs is 1. The predicted octanol–water partition coefficient (Wildman–Crippen LogP) is 4.10. The number of imidazole rings is 1. The Morgan fingerprint density at radius 3 is 2.61 bits per heavy atom. The van der Waals surface area contributed by atoms with E-state index in [9.17, 15) is 14.0 Å². The summed E-state index contributed by atoms with van der Waals surface area (Å²) >= 11 is 0. The first-order valence-corrected chi connectivity index (χ1v) is 12.1. The zero-order valence-corrected chi connectivity index (χ0v) is 20.4. The summed E-state index contributed by atoms with van der Waals surface area (Å²) in [4.78, 5) is 32.3. The highest BCUT2D eigenvalue weighted by Gasteiger charge is 2.32. The molecule has 1 aromatic heterocycles. The number of aromatic nitrogens is 2. The quantitative estimate of drug-likeness (QED) is 0.580. The van der Waals surface area contributed by atoms with E-state index < -0.39 is 0 Å². The van der Waals surface area contributed by atoms with Crippen molar-refractivity contribution in [3.05, 3.63) is 77.1 Å². The van der Waals surface area contributed by atoms with Gasteiger partial charge in [-0.1, -0.05) is 18.2 Å². The Kier molecular flexibility index (Phi) is 6.73. The number of benzene rings is 2. The molecule has 36 heavy (non-hydrogen) atoms. The Morgan fingerprint density at radius 2 is 1.89 bits per heavy atom. The number of hydrogen-bond donors (Lipinski definition) is 1. The lowest BCUT2D eigenvalue weighted by Gasteiger charge is -2.31. The van der Waals surface area contributed by atoms with Crippen molar-refractivity contribution >= 4 is 17.5 Å². The van der Waals surface area contributed by atoms with Crippen LogP contribution in [0, 0.1) is 18.7 Å². The molecule has 188 valence electrons. The molecule has 5 rings (SSSR count). The van der Waals surface area contributed by atoms with E-state index in [2.05, 4.69) is 10.3 Å². The molecule has 0 spiro atoms. The normalized spacial score (nSPS) is 18.0. The number of carbonyl (C=O) groups excluding carboxylic acids is 2. The lowest BCUT2D eigenvalue weighted by atomic mass is 9.95. The van der Waals surface area contributed by atoms with E-state index >= 15 is 0 Å². The fraction of sp³-hybridized carbons (Fsp3) is 0.370. The number of ether oxygens (including phenoxy) is 2. The second-order valence-corrected chi connectivity index (χ2v) is 9.30. The molecule has 0 bridgehead atoms. The van der Waals surface area contributed by atoms with E-state index in [1.165, 1.54) is 12.1 Å². The molecule has 2 aliphatic rings. The number of nitrogens with zero attached hydrogens (tertiary/aromatic N) is 3. The molecule has 3 aromatic rings. The number of likely N-dealkylation sites (tertiary alicyclic amines) is 1. The van der Waals surface area contributed by atoms with Gasteiger partial charge < -0.3 is 24.3 Å².